The Morgan fingerprint density at radius 1 is 1.25 bits per heavy atom. The molecule has 70 valence electrons. The third-order valence-corrected chi connectivity index (χ3v) is 1.35. The summed E-state index contributed by atoms with van der Waals surface area (Å²) in [4.78, 5) is 22.8. The average Bonchev–Trinajstić information content (AvgIpc) is 2.40. The van der Waals surface area contributed by atoms with Crippen molar-refractivity contribution in [1.82, 2.24) is 4.90 Å². The monoisotopic (exact) mass is 171 g/mol. The van der Waals surface area contributed by atoms with Gasteiger partial charge >= 0.3 is 0 Å². The molecule has 0 aromatic carbocycles. The highest BCUT2D eigenvalue weighted by molar-refractivity contribution is 6.12. The van der Waals surface area contributed by atoms with E-state index in [0.717, 1.165) is 6.42 Å². The van der Waals surface area contributed by atoms with Crippen LogP contribution in [0.2, 0.25) is 0 Å². The fourth-order valence-corrected chi connectivity index (χ4v) is 0.875. The highest BCUT2D eigenvalue weighted by Crippen LogP contribution is 2.02. The molecule has 0 unspecified atom stereocenters. The third kappa shape index (κ3) is 2.49. The van der Waals surface area contributed by atoms with Crippen molar-refractivity contribution in [3.05, 3.63) is 12.2 Å². The maximum atomic E-state index is 10.8. The van der Waals surface area contributed by atoms with Crippen molar-refractivity contribution in [3.8, 4) is 0 Å². The molecule has 0 fully saturated rings. The standard InChI is InChI=1S/C7H9NO2.C2H6.H2/c1-2-5-8-6(9)3-4-7(8)10;1-2;/h3-4H,2,5H2,1H3;1-2H3;1H. The summed E-state index contributed by atoms with van der Waals surface area (Å²) in [6.07, 6.45) is 3.43. The fraction of sp³-hybridized carbons (Fsp3) is 0.556. The molecular weight excluding hydrogens is 154 g/mol. The van der Waals surface area contributed by atoms with Gasteiger partial charge in [-0.2, -0.15) is 0 Å². The molecular formula is C9H17NO2. The summed E-state index contributed by atoms with van der Waals surface area (Å²) in [7, 11) is 0. The van der Waals surface area contributed by atoms with Gasteiger partial charge in [0.25, 0.3) is 11.8 Å². The van der Waals surface area contributed by atoms with Crippen LogP contribution in [0.5, 0.6) is 0 Å². The van der Waals surface area contributed by atoms with Gasteiger partial charge in [0.1, 0.15) is 0 Å². The lowest BCUT2D eigenvalue weighted by Gasteiger charge is -2.10. The summed E-state index contributed by atoms with van der Waals surface area (Å²) < 4.78 is 0. The lowest BCUT2D eigenvalue weighted by Crippen LogP contribution is -2.30. The Morgan fingerprint density at radius 3 is 2.00 bits per heavy atom. The van der Waals surface area contributed by atoms with Gasteiger partial charge in [-0.15, -0.1) is 0 Å². The van der Waals surface area contributed by atoms with E-state index in [4.69, 9.17) is 0 Å². The van der Waals surface area contributed by atoms with Gasteiger partial charge in [0.2, 0.25) is 0 Å². The fourth-order valence-electron chi connectivity index (χ4n) is 0.875. The summed E-state index contributed by atoms with van der Waals surface area (Å²) in [5.41, 5.74) is 0. The minimum absolute atomic E-state index is 0. The molecule has 0 saturated heterocycles. The number of amides is 2. The van der Waals surface area contributed by atoms with E-state index in [1.165, 1.54) is 17.1 Å². The van der Waals surface area contributed by atoms with Crippen LogP contribution in [0.1, 0.15) is 28.6 Å². The second kappa shape index (κ2) is 5.52. The zero-order valence-corrected chi connectivity index (χ0v) is 7.83. The SMILES string of the molecule is CC.CCCN1C(=O)C=CC1=O.[HH]. The quantitative estimate of drug-likeness (QED) is 0.592. The molecule has 0 aliphatic carbocycles. The zero-order chi connectivity index (χ0) is 9.56. The molecule has 12 heavy (non-hydrogen) atoms. The van der Waals surface area contributed by atoms with Crippen LogP contribution in [0.25, 0.3) is 0 Å². The van der Waals surface area contributed by atoms with Crippen LogP contribution in [0, 0.1) is 0 Å². The lowest BCUT2D eigenvalue weighted by molar-refractivity contribution is -0.136. The molecule has 0 atom stereocenters. The van der Waals surface area contributed by atoms with E-state index in [2.05, 4.69) is 0 Å². The molecule has 0 aromatic rings. The molecule has 0 aromatic heterocycles. The number of nitrogens with zero attached hydrogens (tertiary/aromatic N) is 1. The molecule has 2 amide bonds. The van der Waals surface area contributed by atoms with Crippen LogP contribution in [0.3, 0.4) is 0 Å². The van der Waals surface area contributed by atoms with Crippen LogP contribution in [-0.4, -0.2) is 23.3 Å². The van der Waals surface area contributed by atoms with E-state index in [9.17, 15) is 9.59 Å². The van der Waals surface area contributed by atoms with E-state index in [1.807, 2.05) is 20.8 Å². The van der Waals surface area contributed by atoms with Gasteiger partial charge in [-0.3, -0.25) is 14.5 Å². The maximum Gasteiger partial charge on any atom is 0.253 e. The minimum atomic E-state index is -0.188. The van der Waals surface area contributed by atoms with Crippen molar-refractivity contribution in [3.63, 3.8) is 0 Å². The van der Waals surface area contributed by atoms with Gasteiger partial charge in [-0.05, 0) is 6.42 Å². The highest BCUT2D eigenvalue weighted by Gasteiger charge is 2.21. The number of imide groups is 1. The summed E-state index contributed by atoms with van der Waals surface area (Å²) >= 11 is 0. The Labute approximate surface area is 74.5 Å². The smallest absolute Gasteiger partial charge is 0.253 e. The molecule has 3 nitrogen and oxygen atoms in total. The van der Waals surface area contributed by atoms with Crippen LogP contribution in [0.4, 0.5) is 0 Å². The summed E-state index contributed by atoms with van der Waals surface area (Å²) in [6, 6.07) is 0. The topological polar surface area (TPSA) is 37.4 Å². The van der Waals surface area contributed by atoms with E-state index < -0.39 is 0 Å². The van der Waals surface area contributed by atoms with E-state index >= 15 is 0 Å². The average molecular weight is 171 g/mol. The third-order valence-electron chi connectivity index (χ3n) is 1.35. The normalized spacial score (nSPS) is 14.8. The molecule has 1 aliphatic rings. The minimum Gasteiger partial charge on any atom is -0.275 e. The van der Waals surface area contributed by atoms with Gasteiger partial charge in [0.05, 0.1) is 0 Å². The summed E-state index contributed by atoms with van der Waals surface area (Å²) in [5, 5.41) is 0. The Hall–Kier alpha value is -1.12. The predicted molar refractivity (Wildman–Crippen MR) is 49.6 cm³/mol. The van der Waals surface area contributed by atoms with Gasteiger partial charge in [0, 0.05) is 20.1 Å². The first-order valence-corrected chi connectivity index (χ1v) is 4.29. The Kier molecular flexibility index (Phi) is 5.00. The summed E-state index contributed by atoms with van der Waals surface area (Å²) in [5.74, 6) is -0.376. The largest absolute Gasteiger partial charge is 0.275 e. The Bertz CT molecular complexity index is 184. The highest BCUT2D eigenvalue weighted by atomic mass is 16.2. The molecule has 3 heteroatoms. The van der Waals surface area contributed by atoms with Gasteiger partial charge < -0.3 is 0 Å². The molecule has 1 rings (SSSR count). The number of hydrogen-bond donors (Lipinski definition) is 0. The molecule has 0 N–H and O–H groups in total. The van der Waals surface area contributed by atoms with E-state index in [1.54, 1.807) is 0 Å². The van der Waals surface area contributed by atoms with Crippen LogP contribution < -0.4 is 0 Å². The summed E-state index contributed by atoms with van der Waals surface area (Å²) in [6.45, 7) is 6.46. The van der Waals surface area contributed by atoms with Crippen LogP contribution >= 0.6 is 0 Å². The predicted octanol–water partition coefficient (Wildman–Crippen LogP) is 1.59. The molecule has 0 radical (unpaired) electrons. The number of rotatable bonds is 2. The van der Waals surface area contributed by atoms with Crippen molar-refractivity contribution >= 4 is 11.8 Å². The lowest BCUT2D eigenvalue weighted by atomic mass is 10.4. The van der Waals surface area contributed by atoms with Crippen molar-refractivity contribution in [2.24, 2.45) is 0 Å². The zero-order valence-electron chi connectivity index (χ0n) is 7.83. The molecule has 0 bridgehead atoms. The second-order valence-electron chi connectivity index (χ2n) is 2.16. The number of hydrogen-bond acceptors (Lipinski definition) is 2. The maximum absolute atomic E-state index is 10.8. The molecule has 0 saturated carbocycles. The van der Waals surface area contributed by atoms with Crippen molar-refractivity contribution in [2.75, 3.05) is 6.54 Å². The van der Waals surface area contributed by atoms with Crippen molar-refractivity contribution in [1.29, 1.82) is 0 Å². The van der Waals surface area contributed by atoms with Gasteiger partial charge in [-0.1, -0.05) is 20.8 Å². The first-order chi connectivity index (χ1) is 5.75. The molecule has 1 heterocycles. The van der Waals surface area contributed by atoms with Crippen LogP contribution in [0.15, 0.2) is 12.2 Å². The Morgan fingerprint density at radius 2 is 1.67 bits per heavy atom. The van der Waals surface area contributed by atoms with Gasteiger partial charge in [0.15, 0.2) is 0 Å². The van der Waals surface area contributed by atoms with E-state index in [-0.39, 0.29) is 13.2 Å². The molecule has 0 spiro atoms. The number of carbonyl (C=O) groups is 2. The van der Waals surface area contributed by atoms with Crippen LogP contribution in [-0.2, 0) is 9.59 Å². The molecule has 1 aliphatic heterocycles. The van der Waals surface area contributed by atoms with Crippen molar-refractivity contribution in [2.45, 2.75) is 27.2 Å². The second-order valence-corrected chi connectivity index (χ2v) is 2.16. The first-order valence-electron chi connectivity index (χ1n) is 4.29. The van der Waals surface area contributed by atoms with Crippen molar-refractivity contribution < 1.29 is 11.0 Å². The van der Waals surface area contributed by atoms with E-state index in [0.29, 0.717) is 6.54 Å². The Balaban J connectivity index is 0. The number of carbonyl (C=O) groups excluding carboxylic acids is 2. The van der Waals surface area contributed by atoms with Gasteiger partial charge in [-0.25, -0.2) is 0 Å². The first kappa shape index (κ1) is 10.9.